The van der Waals surface area contributed by atoms with Crippen LogP contribution in [-0.4, -0.2) is 60.5 Å². The summed E-state index contributed by atoms with van der Waals surface area (Å²) in [7, 11) is 0. The van der Waals surface area contributed by atoms with Gasteiger partial charge in [-0.05, 0) is 20.3 Å². The first kappa shape index (κ1) is 20.6. The van der Waals surface area contributed by atoms with Gasteiger partial charge in [-0.2, -0.15) is 0 Å². The molecule has 0 aliphatic carbocycles. The van der Waals surface area contributed by atoms with E-state index in [0.29, 0.717) is 19.6 Å². The smallest absolute Gasteiger partial charge is 0.224 e. The van der Waals surface area contributed by atoms with Crippen LogP contribution in [0.5, 0.6) is 0 Å². The average molecular weight is 316 g/mol. The fraction of sp³-hybridized carbons (Fsp3) is 0.733. The molecular weight excluding hydrogens is 288 g/mol. The number of rotatable bonds is 12. The maximum atomic E-state index is 12.2. The van der Waals surface area contributed by atoms with E-state index in [1.54, 1.807) is 19.9 Å². The number of ether oxygens (including phenoxy) is 1. The van der Waals surface area contributed by atoms with E-state index in [4.69, 9.17) is 9.84 Å². The molecule has 0 aromatic heterocycles. The first-order chi connectivity index (χ1) is 10.4. The lowest BCUT2D eigenvalue weighted by Crippen LogP contribution is -2.49. The quantitative estimate of drug-likeness (QED) is 0.289. The Kier molecular flexibility index (Phi) is 10.4. The van der Waals surface area contributed by atoms with Gasteiger partial charge in [0.1, 0.15) is 0 Å². The molecular formula is C15H28N2O5. The Balaban J connectivity index is 4.29. The van der Waals surface area contributed by atoms with E-state index in [1.807, 2.05) is 0 Å². The molecule has 128 valence electrons. The van der Waals surface area contributed by atoms with Crippen LogP contribution in [0, 0.1) is 5.92 Å². The van der Waals surface area contributed by atoms with Crippen LogP contribution in [0.1, 0.15) is 26.7 Å². The minimum Gasteiger partial charge on any atom is -0.394 e. The Bertz CT molecular complexity index is 358. The molecule has 1 atom stereocenters. The highest BCUT2D eigenvalue weighted by atomic mass is 16.5. The summed E-state index contributed by atoms with van der Waals surface area (Å²) in [6.07, 6.45) is 2.01. The Labute approximate surface area is 131 Å². The van der Waals surface area contributed by atoms with Gasteiger partial charge in [-0.1, -0.05) is 6.08 Å². The van der Waals surface area contributed by atoms with Gasteiger partial charge >= 0.3 is 0 Å². The van der Waals surface area contributed by atoms with Crippen LogP contribution in [0.3, 0.4) is 0 Å². The largest absolute Gasteiger partial charge is 0.394 e. The maximum absolute atomic E-state index is 12.2. The van der Waals surface area contributed by atoms with E-state index in [1.165, 1.54) is 0 Å². The van der Waals surface area contributed by atoms with Crippen molar-refractivity contribution in [2.45, 2.75) is 32.2 Å². The van der Waals surface area contributed by atoms with Gasteiger partial charge in [0, 0.05) is 13.0 Å². The molecule has 0 aromatic carbocycles. The van der Waals surface area contributed by atoms with E-state index in [-0.39, 0.29) is 38.1 Å². The van der Waals surface area contributed by atoms with Crippen molar-refractivity contribution in [3.8, 4) is 0 Å². The zero-order valence-corrected chi connectivity index (χ0v) is 13.4. The van der Waals surface area contributed by atoms with Crippen molar-refractivity contribution in [2.75, 3.05) is 33.0 Å². The molecule has 1 unspecified atom stereocenters. The summed E-state index contributed by atoms with van der Waals surface area (Å²) >= 11 is 0. The van der Waals surface area contributed by atoms with E-state index >= 15 is 0 Å². The molecule has 0 saturated heterocycles. The summed E-state index contributed by atoms with van der Waals surface area (Å²) in [5.41, 5.74) is -0.731. The van der Waals surface area contributed by atoms with Crippen molar-refractivity contribution < 1.29 is 24.5 Å². The Morgan fingerprint density at radius 1 is 1.32 bits per heavy atom. The van der Waals surface area contributed by atoms with Gasteiger partial charge in [-0.25, -0.2) is 0 Å². The van der Waals surface area contributed by atoms with Crippen molar-refractivity contribution >= 4 is 11.8 Å². The van der Waals surface area contributed by atoms with E-state index < -0.39 is 11.5 Å². The molecule has 4 N–H and O–H groups in total. The molecule has 7 heteroatoms. The lowest BCUT2D eigenvalue weighted by atomic mass is 9.97. The van der Waals surface area contributed by atoms with Gasteiger partial charge in [0.05, 0.1) is 37.9 Å². The van der Waals surface area contributed by atoms with Crippen molar-refractivity contribution in [3.63, 3.8) is 0 Å². The predicted octanol–water partition coefficient (Wildman–Crippen LogP) is -0.419. The second-order valence-corrected chi connectivity index (χ2v) is 5.64. The summed E-state index contributed by atoms with van der Waals surface area (Å²) in [5.74, 6) is -1.07. The minimum absolute atomic E-state index is 0.0410. The van der Waals surface area contributed by atoms with Crippen LogP contribution < -0.4 is 10.6 Å². The zero-order chi connectivity index (χ0) is 17.0. The van der Waals surface area contributed by atoms with Crippen LogP contribution in [-0.2, 0) is 14.3 Å². The van der Waals surface area contributed by atoms with Crippen molar-refractivity contribution in [1.82, 2.24) is 10.6 Å². The molecule has 0 fully saturated rings. The van der Waals surface area contributed by atoms with Gasteiger partial charge in [0.25, 0.3) is 0 Å². The molecule has 0 rings (SSSR count). The normalized spacial score (nSPS) is 12.5. The van der Waals surface area contributed by atoms with Crippen LogP contribution in [0.2, 0.25) is 0 Å². The Morgan fingerprint density at radius 3 is 2.55 bits per heavy atom. The fourth-order valence-electron chi connectivity index (χ4n) is 1.68. The summed E-state index contributed by atoms with van der Waals surface area (Å²) in [6, 6.07) is 0. The molecule has 0 aliphatic heterocycles. The highest BCUT2D eigenvalue weighted by Gasteiger charge is 2.26. The lowest BCUT2D eigenvalue weighted by molar-refractivity contribution is -0.131. The van der Waals surface area contributed by atoms with Crippen LogP contribution >= 0.6 is 0 Å². The van der Waals surface area contributed by atoms with E-state index in [2.05, 4.69) is 17.2 Å². The Morgan fingerprint density at radius 2 is 2.00 bits per heavy atom. The third-order valence-corrected chi connectivity index (χ3v) is 2.91. The van der Waals surface area contributed by atoms with Crippen molar-refractivity contribution in [3.05, 3.63) is 12.7 Å². The molecule has 0 spiro atoms. The molecule has 2 amide bonds. The van der Waals surface area contributed by atoms with E-state index in [9.17, 15) is 14.7 Å². The summed E-state index contributed by atoms with van der Waals surface area (Å²) < 4.78 is 5.03. The molecule has 7 nitrogen and oxygen atoms in total. The maximum Gasteiger partial charge on any atom is 0.224 e. The topological polar surface area (TPSA) is 108 Å². The van der Waals surface area contributed by atoms with Crippen molar-refractivity contribution in [1.29, 1.82) is 0 Å². The molecule has 0 aromatic rings. The number of aliphatic hydroxyl groups excluding tert-OH is 2. The van der Waals surface area contributed by atoms with Crippen LogP contribution in [0.25, 0.3) is 0 Å². The third-order valence-electron chi connectivity index (χ3n) is 2.91. The number of amides is 2. The summed E-state index contributed by atoms with van der Waals surface area (Å²) in [4.78, 5) is 24.0. The standard InChI is InChI=1S/C15H28N2O5/c1-4-5-12(14(21)17-15(2,3)11-19)10-13(20)16-6-8-22-9-7-18/h4,12,18-19H,1,5-11H2,2-3H3,(H,16,20)(H,17,21). The monoisotopic (exact) mass is 316 g/mol. The van der Waals surface area contributed by atoms with Gasteiger partial charge in [-0.15, -0.1) is 6.58 Å². The number of allylic oxidation sites excluding steroid dienone is 1. The SMILES string of the molecule is C=CCC(CC(=O)NCCOCCO)C(=O)NC(C)(C)CO. The summed E-state index contributed by atoms with van der Waals surface area (Å²) in [5, 5.41) is 23.1. The second-order valence-electron chi connectivity index (χ2n) is 5.64. The predicted molar refractivity (Wildman–Crippen MR) is 83.1 cm³/mol. The number of hydrogen-bond acceptors (Lipinski definition) is 5. The lowest BCUT2D eigenvalue weighted by Gasteiger charge is -2.26. The van der Waals surface area contributed by atoms with Gasteiger partial charge < -0.3 is 25.6 Å². The number of aliphatic hydroxyl groups is 2. The van der Waals surface area contributed by atoms with Crippen LogP contribution in [0.15, 0.2) is 12.7 Å². The minimum atomic E-state index is -0.731. The first-order valence-electron chi connectivity index (χ1n) is 7.35. The average Bonchev–Trinajstić information content (AvgIpc) is 2.46. The highest BCUT2D eigenvalue weighted by Crippen LogP contribution is 2.12. The number of hydrogen-bond donors (Lipinski definition) is 4. The molecule has 0 heterocycles. The molecule has 0 radical (unpaired) electrons. The molecule has 0 saturated carbocycles. The van der Waals surface area contributed by atoms with Gasteiger partial charge in [0.15, 0.2) is 0 Å². The van der Waals surface area contributed by atoms with Crippen molar-refractivity contribution in [2.24, 2.45) is 5.92 Å². The fourth-order valence-corrected chi connectivity index (χ4v) is 1.68. The second kappa shape index (κ2) is 11.2. The molecule has 0 bridgehead atoms. The van der Waals surface area contributed by atoms with Gasteiger partial charge in [-0.3, -0.25) is 9.59 Å². The molecule has 22 heavy (non-hydrogen) atoms. The van der Waals surface area contributed by atoms with E-state index in [0.717, 1.165) is 0 Å². The van der Waals surface area contributed by atoms with Crippen LogP contribution in [0.4, 0.5) is 0 Å². The number of carbonyl (C=O) groups excluding carboxylic acids is 2. The zero-order valence-electron chi connectivity index (χ0n) is 13.4. The number of nitrogens with one attached hydrogen (secondary N) is 2. The number of carbonyl (C=O) groups is 2. The highest BCUT2D eigenvalue weighted by molar-refractivity contribution is 5.86. The third kappa shape index (κ3) is 9.49. The summed E-state index contributed by atoms with van der Waals surface area (Å²) in [6.45, 7) is 7.62. The Hall–Kier alpha value is -1.44. The first-order valence-corrected chi connectivity index (χ1v) is 7.35. The molecule has 0 aliphatic rings. The van der Waals surface area contributed by atoms with Gasteiger partial charge in [0.2, 0.25) is 11.8 Å².